The summed E-state index contributed by atoms with van der Waals surface area (Å²) >= 11 is 7.02. The number of aryl methyl sites for hydroxylation is 1. The number of hydrogen-bond donors (Lipinski definition) is 0. The summed E-state index contributed by atoms with van der Waals surface area (Å²) in [6, 6.07) is 1.60. The maximum absolute atomic E-state index is 12.5. The second-order valence-electron chi connectivity index (χ2n) is 4.95. The van der Waals surface area contributed by atoms with E-state index < -0.39 is 10.0 Å². The van der Waals surface area contributed by atoms with Crippen molar-refractivity contribution in [3.63, 3.8) is 0 Å². The molecule has 0 amide bonds. The molecule has 1 aliphatic heterocycles. The molecule has 2 heterocycles. The van der Waals surface area contributed by atoms with Crippen LogP contribution >= 0.6 is 22.9 Å². The van der Waals surface area contributed by atoms with Crippen LogP contribution in [0.2, 0.25) is 4.34 Å². The van der Waals surface area contributed by atoms with E-state index in [1.165, 1.54) is 4.31 Å². The fourth-order valence-corrected chi connectivity index (χ4v) is 5.61. The number of hydrogen-bond acceptors (Lipinski definition) is 5. The van der Waals surface area contributed by atoms with Gasteiger partial charge in [0.1, 0.15) is 4.21 Å². The Labute approximate surface area is 133 Å². The molecule has 1 aromatic rings. The van der Waals surface area contributed by atoms with Crippen LogP contribution < -0.4 is 0 Å². The van der Waals surface area contributed by atoms with Gasteiger partial charge in [-0.05, 0) is 38.3 Å². The molecular weight excluding hydrogens is 334 g/mol. The van der Waals surface area contributed by atoms with Gasteiger partial charge in [-0.1, -0.05) is 11.6 Å². The minimum Gasteiger partial charge on any atom is -0.466 e. The van der Waals surface area contributed by atoms with Crippen molar-refractivity contribution in [1.29, 1.82) is 0 Å². The molecule has 0 radical (unpaired) electrons. The predicted octanol–water partition coefficient (Wildman–Crippen LogP) is 2.67. The molecule has 1 fully saturated rings. The maximum Gasteiger partial charge on any atom is 0.309 e. The number of halogens is 1. The highest BCUT2D eigenvalue weighted by atomic mass is 35.5. The number of rotatable bonds is 4. The summed E-state index contributed by atoms with van der Waals surface area (Å²) in [4.78, 5) is 11.7. The van der Waals surface area contributed by atoms with Crippen LogP contribution in [0.25, 0.3) is 0 Å². The fraction of sp³-hybridized carbons (Fsp3) is 0.615. The first kappa shape index (κ1) is 16.7. The summed E-state index contributed by atoms with van der Waals surface area (Å²) in [5.74, 6) is -0.436. The van der Waals surface area contributed by atoms with Gasteiger partial charge in [-0.3, -0.25) is 4.79 Å². The molecule has 0 saturated carbocycles. The largest absolute Gasteiger partial charge is 0.466 e. The average Bonchev–Trinajstić information content (AvgIpc) is 2.80. The molecule has 0 aromatic carbocycles. The van der Waals surface area contributed by atoms with Crippen molar-refractivity contribution in [1.82, 2.24) is 4.31 Å². The Morgan fingerprint density at radius 2 is 2.10 bits per heavy atom. The molecule has 5 nitrogen and oxygen atoms in total. The van der Waals surface area contributed by atoms with Gasteiger partial charge in [-0.2, -0.15) is 4.31 Å². The van der Waals surface area contributed by atoms with Gasteiger partial charge in [-0.15, -0.1) is 11.3 Å². The van der Waals surface area contributed by atoms with E-state index in [0.717, 1.165) is 16.9 Å². The van der Waals surface area contributed by atoms with Crippen molar-refractivity contribution >= 4 is 38.9 Å². The number of ether oxygens (including phenoxy) is 1. The normalized spacial score (nSPS) is 17.9. The molecule has 0 bridgehead atoms. The highest BCUT2D eigenvalue weighted by Crippen LogP contribution is 2.33. The number of piperidine rings is 1. The minimum atomic E-state index is -3.51. The van der Waals surface area contributed by atoms with Crippen molar-refractivity contribution < 1.29 is 17.9 Å². The van der Waals surface area contributed by atoms with Gasteiger partial charge in [-0.25, -0.2) is 8.42 Å². The summed E-state index contributed by atoms with van der Waals surface area (Å²) < 4.78 is 32.2. The minimum absolute atomic E-state index is 0.204. The zero-order valence-electron chi connectivity index (χ0n) is 12.0. The number of carbonyl (C=O) groups excluding carboxylic acids is 1. The molecule has 1 aromatic heterocycles. The highest BCUT2D eigenvalue weighted by Gasteiger charge is 2.33. The van der Waals surface area contributed by atoms with E-state index >= 15 is 0 Å². The van der Waals surface area contributed by atoms with Crippen LogP contribution in [0.15, 0.2) is 10.3 Å². The van der Waals surface area contributed by atoms with E-state index in [1.54, 1.807) is 19.9 Å². The molecule has 0 atom stereocenters. The van der Waals surface area contributed by atoms with Crippen LogP contribution in [0.5, 0.6) is 0 Å². The van der Waals surface area contributed by atoms with Gasteiger partial charge in [0.05, 0.1) is 16.9 Å². The summed E-state index contributed by atoms with van der Waals surface area (Å²) in [7, 11) is -3.51. The number of esters is 1. The second kappa shape index (κ2) is 6.64. The molecule has 0 spiro atoms. The van der Waals surface area contributed by atoms with Gasteiger partial charge in [0.2, 0.25) is 0 Å². The Bertz CT molecular complexity index is 599. The first-order chi connectivity index (χ1) is 9.86. The van der Waals surface area contributed by atoms with Crippen molar-refractivity contribution in [3.05, 3.63) is 16.0 Å². The molecule has 21 heavy (non-hydrogen) atoms. The Hall–Kier alpha value is -0.630. The molecule has 0 aliphatic carbocycles. The zero-order valence-corrected chi connectivity index (χ0v) is 14.4. The Kier molecular flexibility index (Phi) is 5.29. The molecule has 0 unspecified atom stereocenters. The van der Waals surface area contributed by atoms with E-state index in [-0.39, 0.29) is 16.1 Å². The monoisotopic (exact) mass is 351 g/mol. The number of sulfonamides is 1. The predicted molar refractivity (Wildman–Crippen MR) is 82.2 cm³/mol. The van der Waals surface area contributed by atoms with Crippen molar-refractivity contribution in [3.8, 4) is 0 Å². The third-order valence-corrected chi connectivity index (χ3v) is 7.41. The van der Waals surface area contributed by atoms with E-state index in [0.29, 0.717) is 36.9 Å². The smallest absolute Gasteiger partial charge is 0.309 e. The number of thiophene rings is 1. The third-order valence-electron chi connectivity index (χ3n) is 3.50. The lowest BCUT2D eigenvalue weighted by molar-refractivity contribution is -0.149. The standard InChI is InChI=1S/C13H18ClNO4S2/c1-3-19-13(16)10-4-6-15(7-5-10)21(17,18)11-8-9(2)12(14)20-11/h8,10H,3-7H2,1-2H3. The average molecular weight is 352 g/mol. The fourth-order valence-electron chi connectivity index (χ4n) is 2.28. The van der Waals surface area contributed by atoms with Crippen LogP contribution in [-0.2, 0) is 19.6 Å². The maximum atomic E-state index is 12.5. The van der Waals surface area contributed by atoms with Gasteiger partial charge in [0.25, 0.3) is 10.0 Å². The summed E-state index contributed by atoms with van der Waals surface area (Å²) in [5, 5.41) is 0. The molecular formula is C13H18ClNO4S2. The van der Waals surface area contributed by atoms with Crippen LogP contribution in [-0.4, -0.2) is 38.4 Å². The van der Waals surface area contributed by atoms with E-state index in [9.17, 15) is 13.2 Å². The molecule has 1 saturated heterocycles. The summed E-state index contributed by atoms with van der Waals surface area (Å²) in [6.45, 7) is 4.57. The molecule has 1 aliphatic rings. The summed E-state index contributed by atoms with van der Waals surface area (Å²) in [5.41, 5.74) is 0.765. The van der Waals surface area contributed by atoms with E-state index in [2.05, 4.69) is 0 Å². The molecule has 8 heteroatoms. The van der Waals surface area contributed by atoms with Gasteiger partial charge >= 0.3 is 5.97 Å². The van der Waals surface area contributed by atoms with Crippen molar-refractivity contribution in [2.45, 2.75) is 30.9 Å². The quantitative estimate of drug-likeness (QED) is 0.782. The SMILES string of the molecule is CCOC(=O)C1CCN(S(=O)(=O)c2cc(C)c(Cl)s2)CC1. The van der Waals surface area contributed by atoms with Crippen molar-refractivity contribution in [2.24, 2.45) is 5.92 Å². The molecule has 0 N–H and O–H groups in total. The lowest BCUT2D eigenvalue weighted by Gasteiger charge is -2.29. The second-order valence-corrected chi connectivity index (χ2v) is 8.77. The van der Waals surface area contributed by atoms with Crippen LogP contribution in [0.1, 0.15) is 25.3 Å². The van der Waals surface area contributed by atoms with Crippen LogP contribution in [0, 0.1) is 12.8 Å². The lowest BCUT2D eigenvalue weighted by atomic mass is 9.98. The van der Waals surface area contributed by atoms with E-state index in [4.69, 9.17) is 16.3 Å². The van der Waals surface area contributed by atoms with Gasteiger partial charge in [0, 0.05) is 13.1 Å². The lowest BCUT2D eigenvalue weighted by Crippen LogP contribution is -2.40. The highest BCUT2D eigenvalue weighted by molar-refractivity contribution is 7.91. The summed E-state index contributed by atoms with van der Waals surface area (Å²) in [6.07, 6.45) is 0.992. The topological polar surface area (TPSA) is 63.7 Å². The van der Waals surface area contributed by atoms with Gasteiger partial charge < -0.3 is 4.74 Å². The molecule has 118 valence electrons. The third kappa shape index (κ3) is 3.59. The Morgan fingerprint density at radius 1 is 1.48 bits per heavy atom. The van der Waals surface area contributed by atoms with Crippen LogP contribution in [0.4, 0.5) is 0 Å². The van der Waals surface area contributed by atoms with E-state index in [1.807, 2.05) is 0 Å². The van der Waals surface area contributed by atoms with Crippen molar-refractivity contribution in [2.75, 3.05) is 19.7 Å². The van der Waals surface area contributed by atoms with Gasteiger partial charge in [0.15, 0.2) is 0 Å². The molecule has 2 rings (SSSR count). The first-order valence-electron chi connectivity index (χ1n) is 6.79. The Morgan fingerprint density at radius 3 is 2.57 bits per heavy atom. The first-order valence-corrected chi connectivity index (χ1v) is 9.42. The van der Waals surface area contributed by atoms with Crippen LogP contribution in [0.3, 0.4) is 0 Å². The number of carbonyl (C=O) groups is 1. The number of nitrogens with zero attached hydrogens (tertiary/aromatic N) is 1. The Balaban J connectivity index is 2.06. The zero-order chi connectivity index (χ0) is 15.6.